The molecular formula is C16H16F2N2O4S. The first-order valence-corrected chi connectivity index (χ1v) is 8.67. The highest BCUT2D eigenvalue weighted by Gasteiger charge is 2.16. The molecule has 0 saturated heterocycles. The molecule has 25 heavy (non-hydrogen) atoms. The van der Waals surface area contributed by atoms with Crippen LogP contribution in [0.1, 0.15) is 10.4 Å². The Labute approximate surface area is 143 Å². The van der Waals surface area contributed by atoms with Crippen LogP contribution in [0.25, 0.3) is 0 Å². The molecule has 0 heterocycles. The normalized spacial score (nSPS) is 11.3. The number of anilines is 1. The van der Waals surface area contributed by atoms with E-state index >= 15 is 0 Å². The number of para-hydroxylation sites is 1. The van der Waals surface area contributed by atoms with E-state index in [-0.39, 0.29) is 23.6 Å². The Morgan fingerprint density at radius 1 is 1.08 bits per heavy atom. The Kier molecular flexibility index (Phi) is 6.18. The molecule has 0 bridgehead atoms. The highest BCUT2D eigenvalue weighted by Crippen LogP contribution is 2.19. The molecule has 134 valence electrons. The van der Waals surface area contributed by atoms with Gasteiger partial charge in [0.2, 0.25) is 10.0 Å². The summed E-state index contributed by atoms with van der Waals surface area (Å²) in [5, 5.41) is 2.12. The van der Waals surface area contributed by atoms with E-state index in [2.05, 4.69) is 10.0 Å². The van der Waals surface area contributed by atoms with Crippen molar-refractivity contribution >= 4 is 21.6 Å². The number of rotatable bonds is 7. The number of carbonyl (C=O) groups excluding carboxylic acids is 1. The second-order valence-corrected chi connectivity index (χ2v) is 6.73. The van der Waals surface area contributed by atoms with E-state index in [0.29, 0.717) is 0 Å². The Bertz CT molecular complexity index is 835. The van der Waals surface area contributed by atoms with Crippen molar-refractivity contribution in [3.63, 3.8) is 0 Å². The number of sulfonamides is 1. The summed E-state index contributed by atoms with van der Waals surface area (Å²) in [5.74, 6) is -2.58. The first-order valence-electron chi connectivity index (χ1n) is 7.19. The van der Waals surface area contributed by atoms with Gasteiger partial charge < -0.3 is 10.1 Å². The second kappa shape index (κ2) is 8.15. The zero-order valence-corrected chi connectivity index (χ0v) is 14.1. The molecule has 0 fully saturated rings. The smallest absolute Gasteiger partial charge is 0.255 e. The fraction of sp³-hybridized carbons (Fsp3) is 0.188. The summed E-state index contributed by atoms with van der Waals surface area (Å²) in [6.45, 7) is 0.321. The minimum absolute atomic E-state index is 0.0442. The van der Waals surface area contributed by atoms with Crippen LogP contribution in [0.2, 0.25) is 0 Å². The highest BCUT2D eigenvalue weighted by atomic mass is 32.2. The van der Waals surface area contributed by atoms with Gasteiger partial charge in [0.25, 0.3) is 5.91 Å². The molecule has 0 saturated carbocycles. The van der Waals surface area contributed by atoms with Crippen LogP contribution in [0.3, 0.4) is 0 Å². The van der Waals surface area contributed by atoms with E-state index in [1.54, 1.807) is 0 Å². The van der Waals surface area contributed by atoms with Crippen LogP contribution in [-0.4, -0.2) is 34.6 Å². The average Bonchev–Trinajstić information content (AvgIpc) is 2.58. The zero-order chi connectivity index (χ0) is 18.4. The van der Waals surface area contributed by atoms with Crippen molar-refractivity contribution in [3.8, 4) is 0 Å². The predicted octanol–water partition coefficient (Wildman–Crippen LogP) is 2.14. The predicted molar refractivity (Wildman–Crippen MR) is 87.8 cm³/mol. The fourth-order valence-electron chi connectivity index (χ4n) is 1.95. The molecule has 0 atom stereocenters. The van der Waals surface area contributed by atoms with Gasteiger partial charge in [-0.3, -0.25) is 4.79 Å². The quantitative estimate of drug-likeness (QED) is 0.732. The number of halogens is 2. The number of hydrogen-bond donors (Lipinski definition) is 2. The molecular weight excluding hydrogens is 354 g/mol. The van der Waals surface area contributed by atoms with Crippen molar-refractivity contribution in [1.29, 1.82) is 0 Å². The van der Waals surface area contributed by atoms with Gasteiger partial charge in [0, 0.05) is 19.2 Å². The summed E-state index contributed by atoms with van der Waals surface area (Å²) in [7, 11) is -2.28. The minimum atomic E-state index is -3.73. The molecule has 2 aromatic rings. The maximum absolute atomic E-state index is 13.5. The molecule has 2 N–H and O–H groups in total. The van der Waals surface area contributed by atoms with E-state index in [4.69, 9.17) is 4.74 Å². The van der Waals surface area contributed by atoms with Crippen molar-refractivity contribution in [1.82, 2.24) is 4.72 Å². The molecule has 0 aromatic heterocycles. The van der Waals surface area contributed by atoms with Gasteiger partial charge in [-0.05, 0) is 36.4 Å². The van der Waals surface area contributed by atoms with Crippen LogP contribution >= 0.6 is 0 Å². The largest absolute Gasteiger partial charge is 0.383 e. The third-order valence-corrected chi connectivity index (χ3v) is 4.70. The van der Waals surface area contributed by atoms with Crippen molar-refractivity contribution in [2.45, 2.75) is 4.90 Å². The lowest BCUT2D eigenvalue weighted by Crippen LogP contribution is -2.27. The number of amides is 1. The van der Waals surface area contributed by atoms with Crippen LogP contribution in [0.5, 0.6) is 0 Å². The molecule has 1 amide bonds. The molecule has 0 unspecified atom stereocenters. The van der Waals surface area contributed by atoms with Gasteiger partial charge in [-0.1, -0.05) is 6.07 Å². The molecule has 2 aromatic carbocycles. The summed E-state index contributed by atoms with van der Waals surface area (Å²) in [6.07, 6.45) is 0. The zero-order valence-electron chi connectivity index (χ0n) is 13.3. The molecule has 0 aliphatic carbocycles. The summed E-state index contributed by atoms with van der Waals surface area (Å²) >= 11 is 0. The Balaban J connectivity index is 2.13. The first kappa shape index (κ1) is 19.0. The lowest BCUT2D eigenvalue weighted by molar-refractivity contribution is 0.102. The van der Waals surface area contributed by atoms with Crippen LogP contribution in [0, 0.1) is 11.6 Å². The summed E-state index contributed by atoms with van der Waals surface area (Å²) in [5.41, 5.74) is -0.510. The van der Waals surface area contributed by atoms with Gasteiger partial charge in [-0.25, -0.2) is 21.9 Å². The maximum atomic E-state index is 13.5. The van der Waals surface area contributed by atoms with E-state index in [0.717, 1.165) is 12.1 Å². The molecule has 0 aliphatic rings. The topological polar surface area (TPSA) is 84.5 Å². The molecule has 0 aliphatic heterocycles. The summed E-state index contributed by atoms with van der Waals surface area (Å²) < 4.78 is 58.2. The van der Waals surface area contributed by atoms with Crippen LogP contribution < -0.4 is 10.0 Å². The summed E-state index contributed by atoms with van der Waals surface area (Å²) in [6, 6.07) is 8.15. The number of nitrogens with one attached hydrogen (secondary N) is 2. The molecule has 0 radical (unpaired) electrons. The number of benzene rings is 2. The molecule has 2 rings (SSSR count). The molecule has 9 heteroatoms. The third kappa shape index (κ3) is 4.81. The number of methoxy groups -OCH3 is 1. The van der Waals surface area contributed by atoms with Crippen molar-refractivity contribution in [2.75, 3.05) is 25.6 Å². The standard InChI is InChI=1S/C16H16F2N2O4S/c1-24-10-9-19-25(22,23)12-7-5-11(6-8-12)16(21)20-15-13(17)3-2-4-14(15)18/h2-8,19H,9-10H2,1H3,(H,20,21). The van der Waals surface area contributed by atoms with Gasteiger partial charge in [0.15, 0.2) is 0 Å². The van der Waals surface area contributed by atoms with Gasteiger partial charge in [-0.2, -0.15) is 0 Å². The van der Waals surface area contributed by atoms with Crippen molar-refractivity contribution in [3.05, 3.63) is 59.7 Å². The minimum Gasteiger partial charge on any atom is -0.383 e. The van der Waals surface area contributed by atoms with Gasteiger partial charge in [0.05, 0.1) is 11.5 Å². The highest BCUT2D eigenvalue weighted by molar-refractivity contribution is 7.89. The number of carbonyl (C=O) groups is 1. The monoisotopic (exact) mass is 370 g/mol. The average molecular weight is 370 g/mol. The lowest BCUT2D eigenvalue weighted by Gasteiger charge is -2.09. The Morgan fingerprint density at radius 2 is 1.68 bits per heavy atom. The van der Waals surface area contributed by atoms with Gasteiger partial charge in [-0.15, -0.1) is 0 Å². The van der Waals surface area contributed by atoms with Crippen LogP contribution in [0.15, 0.2) is 47.4 Å². The first-order chi connectivity index (χ1) is 11.8. The maximum Gasteiger partial charge on any atom is 0.255 e. The molecule has 6 nitrogen and oxygen atoms in total. The van der Waals surface area contributed by atoms with Crippen molar-refractivity contribution in [2.24, 2.45) is 0 Å². The van der Waals surface area contributed by atoms with Crippen LogP contribution in [-0.2, 0) is 14.8 Å². The van der Waals surface area contributed by atoms with Crippen molar-refractivity contribution < 1.29 is 26.7 Å². The SMILES string of the molecule is COCCNS(=O)(=O)c1ccc(C(=O)Nc2c(F)cccc2F)cc1. The Morgan fingerprint density at radius 3 is 2.24 bits per heavy atom. The number of ether oxygens (including phenoxy) is 1. The second-order valence-electron chi connectivity index (χ2n) is 4.97. The molecule has 0 spiro atoms. The van der Waals surface area contributed by atoms with Crippen LogP contribution in [0.4, 0.5) is 14.5 Å². The summed E-state index contributed by atoms with van der Waals surface area (Å²) in [4.78, 5) is 12.0. The van der Waals surface area contributed by atoms with Gasteiger partial charge in [0.1, 0.15) is 17.3 Å². The Hall–Kier alpha value is -2.36. The van der Waals surface area contributed by atoms with E-state index in [9.17, 15) is 22.0 Å². The number of hydrogen-bond acceptors (Lipinski definition) is 4. The van der Waals surface area contributed by atoms with Gasteiger partial charge >= 0.3 is 0 Å². The van der Waals surface area contributed by atoms with E-state index in [1.165, 1.54) is 37.4 Å². The van der Waals surface area contributed by atoms with E-state index in [1.807, 2.05) is 0 Å². The lowest BCUT2D eigenvalue weighted by atomic mass is 10.2. The third-order valence-electron chi connectivity index (χ3n) is 3.23. The van der Waals surface area contributed by atoms with E-state index < -0.39 is 33.3 Å². The fourth-order valence-corrected chi connectivity index (χ4v) is 2.96.